The van der Waals surface area contributed by atoms with Crippen LogP contribution < -0.4 is 0 Å². The second-order valence-electron chi connectivity index (χ2n) is 5.26. The predicted octanol–water partition coefficient (Wildman–Crippen LogP) is 3.74. The molecule has 0 saturated carbocycles. The molecular weight excluding hydrogens is 370 g/mol. The summed E-state index contributed by atoms with van der Waals surface area (Å²) in [6, 6.07) is 1.90. The molecule has 0 spiro atoms. The van der Waals surface area contributed by atoms with Crippen molar-refractivity contribution in [3.8, 4) is 0 Å². The lowest BCUT2D eigenvalue weighted by molar-refractivity contribution is 0.251. The third-order valence-corrected chi connectivity index (χ3v) is 8.18. The first kappa shape index (κ1) is 14.3. The molecular formula is C12H15BrClNO2S2. The van der Waals surface area contributed by atoms with Gasteiger partial charge in [-0.05, 0) is 54.6 Å². The van der Waals surface area contributed by atoms with Gasteiger partial charge in [-0.15, -0.1) is 22.9 Å². The Morgan fingerprint density at radius 1 is 1.37 bits per heavy atom. The molecule has 2 unspecified atom stereocenters. The van der Waals surface area contributed by atoms with Gasteiger partial charge in [0.25, 0.3) is 0 Å². The van der Waals surface area contributed by atoms with Crippen molar-refractivity contribution in [2.75, 3.05) is 0 Å². The Bertz CT molecular complexity index is 587. The van der Waals surface area contributed by atoms with Gasteiger partial charge >= 0.3 is 0 Å². The number of rotatable bonds is 2. The standard InChI is InChI=1S/C12H15BrClNO2S2/c1-7-11(6-12(13)18-7)19(16,17)15-9-2-3-10(15)5-8(14)4-9/h6,8-10H,2-5H2,1H3. The lowest BCUT2D eigenvalue weighted by Gasteiger charge is -2.35. The number of sulfonamides is 1. The zero-order valence-electron chi connectivity index (χ0n) is 10.5. The number of piperidine rings is 1. The molecule has 19 heavy (non-hydrogen) atoms. The fourth-order valence-corrected chi connectivity index (χ4v) is 7.95. The molecule has 0 N–H and O–H groups in total. The molecule has 2 bridgehead atoms. The van der Waals surface area contributed by atoms with E-state index >= 15 is 0 Å². The van der Waals surface area contributed by atoms with Crippen molar-refractivity contribution in [3.63, 3.8) is 0 Å². The maximum Gasteiger partial charge on any atom is 0.244 e. The SMILES string of the molecule is Cc1sc(Br)cc1S(=O)(=O)N1C2CCC1CC(Cl)C2. The molecule has 2 saturated heterocycles. The Balaban J connectivity index is 2.00. The molecule has 0 radical (unpaired) electrons. The number of aryl methyl sites for hydroxylation is 1. The number of hydrogen-bond donors (Lipinski definition) is 0. The number of nitrogens with zero attached hydrogens (tertiary/aromatic N) is 1. The van der Waals surface area contributed by atoms with Crippen LogP contribution in [0, 0.1) is 6.92 Å². The Hall–Kier alpha value is 0.380. The monoisotopic (exact) mass is 383 g/mol. The first-order chi connectivity index (χ1) is 8.89. The van der Waals surface area contributed by atoms with Gasteiger partial charge in [0, 0.05) is 22.3 Å². The summed E-state index contributed by atoms with van der Waals surface area (Å²) in [5, 5.41) is 0.124. The first-order valence-electron chi connectivity index (χ1n) is 6.33. The van der Waals surface area contributed by atoms with E-state index in [-0.39, 0.29) is 17.5 Å². The van der Waals surface area contributed by atoms with Crippen molar-refractivity contribution < 1.29 is 8.42 Å². The molecule has 3 rings (SSSR count). The minimum atomic E-state index is -3.38. The zero-order chi connectivity index (χ0) is 13.8. The van der Waals surface area contributed by atoms with Gasteiger partial charge in [0.05, 0.1) is 8.68 Å². The van der Waals surface area contributed by atoms with Crippen molar-refractivity contribution in [2.24, 2.45) is 0 Å². The average Bonchev–Trinajstić information content (AvgIpc) is 2.78. The molecule has 7 heteroatoms. The summed E-state index contributed by atoms with van der Waals surface area (Å²) in [6.07, 6.45) is 3.44. The Kier molecular flexibility index (Phi) is 3.76. The summed E-state index contributed by atoms with van der Waals surface area (Å²) in [4.78, 5) is 1.30. The van der Waals surface area contributed by atoms with Gasteiger partial charge in [-0.3, -0.25) is 0 Å². The van der Waals surface area contributed by atoms with E-state index < -0.39 is 10.0 Å². The van der Waals surface area contributed by atoms with Crippen LogP contribution in [0.5, 0.6) is 0 Å². The second-order valence-corrected chi connectivity index (χ2v) is 10.3. The summed E-state index contributed by atoms with van der Waals surface area (Å²) in [6.45, 7) is 1.86. The van der Waals surface area contributed by atoms with Gasteiger partial charge in [-0.25, -0.2) is 8.42 Å². The quantitative estimate of drug-likeness (QED) is 0.728. The molecule has 0 aliphatic carbocycles. The lowest BCUT2D eigenvalue weighted by Crippen LogP contribution is -2.46. The zero-order valence-corrected chi connectivity index (χ0v) is 14.4. The molecule has 106 valence electrons. The van der Waals surface area contributed by atoms with Crippen molar-refractivity contribution in [3.05, 3.63) is 14.7 Å². The van der Waals surface area contributed by atoms with E-state index in [9.17, 15) is 8.42 Å². The first-order valence-corrected chi connectivity index (χ1v) is 9.81. The van der Waals surface area contributed by atoms with Crippen molar-refractivity contribution in [1.29, 1.82) is 0 Å². The Morgan fingerprint density at radius 3 is 2.42 bits per heavy atom. The van der Waals surface area contributed by atoms with Crippen molar-refractivity contribution in [2.45, 2.75) is 55.0 Å². The Morgan fingerprint density at radius 2 is 1.95 bits per heavy atom. The largest absolute Gasteiger partial charge is 0.244 e. The Labute approximate surface area is 131 Å². The summed E-state index contributed by atoms with van der Waals surface area (Å²) in [5.74, 6) is 0. The van der Waals surface area contributed by atoms with E-state index in [1.165, 1.54) is 11.3 Å². The van der Waals surface area contributed by atoms with Crippen LogP contribution in [0.4, 0.5) is 0 Å². The number of alkyl halides is 1. The second kappa shape index (κ2) is 4.98. The van der Waals surface area contributed by atoms with E-state index in [2.05, 4.69) is 15.9 Å². The fourth-order valence-electron chi connectivity index (χ4n) is 3.26. The van der Waals surface area contributed by atoms with Crippen LogP contribution >= 0.6 is 38.9 Å². The van der Waals surface area contributed by atoms with Gasteiger partial charge in [0.2, 0.25) is 10.0 Å². The van der Waals surface area contributed by atoms with Crippen LogP contribution in [0.3, 0.4) is 0 Å². The minimum absolute atomic E-state index is 0.0873. The topological polar surface area (TPSA) is 37.4 Å². The van der Waals surface area contributed by atoms with Gasteiger partial charge in [-0.1, -0.05) is 0 Å². The molecule has 1 aromatic rings. The fraction of sp³-hybridized carbons (Fsp3) is 0.667. The highest BCUT2D eigenvalue weighted by molar-refractivity contribution is 9.11. The highest BCUT2D eigenvalue weighted by atomic mass is 79.9. The van der Waals surface area contributed by atoms with Gasteiger partial charge in [0.1, 0.15) is 0 Å². The maximum absolute atomic E-state index is 12.9. The van der Waals surface area contributed by atoms with E-state index in [4.69, 9.17) is 11.6 Å². The van der Waals surface area contributed by atoms with E-state index in [0.29, 0.717) is 4.90 Å². The van der Waals surface area contributed by atoms with Crippen LogP contribution in [0.25, 0.3) is 0 Å². The molecule has 2 aliphatic rings. The highest BCUT2D eigenvalue weighted by Gasteiger charge is 2.47. The molecule has 2 aliphatic heterocycles. The highest BCUT2D eigenvalue weighted by Crippen LogP contribution is 2.43. The van der Waals surface area contributed by atoms with Gasteiger partial charge in [-0.2, -0.15) is 4.31 Å². The lowest BCUT2D eigenvalue weighted by atomic mass is 10.1. The molecule has 2 atom stereocenters. The van der Waals surface area contributed by atoms with Crippen molar-refractivity contribution in [1.82, 2.24) is 4.31 Å². The number of hydrogen-bond acceptors (Lipinski definition) is 3. The van der Waals surface area contributed by atoms with E-state index in [1.807, 2.05) is 6.92 Å². The van der Waals surface area contributed by atoms with Crippen LogP contribution in [0.2, 0.25) is 0 Å². The molecule has 2 fully saturated rings. The molecule has 0 amide bonds. The van der Waals surface area contributed by atoms with Crippen molar-refractivity contribution >= 4 is 48.9 Å². The minimum Gasteiger partial charge on any atom is -0.207 e. The smallest absolute Gasteiger partial charge is 0.207 e. The van der Waals surface area contributed by atoms with Gasteiger partial charge in [0.15, 0.2) is 0 Å². The number of fused-ring (bicyclic) bond motifs is 2. The third-order valence-electron chi connectivity index (χ3n) is 4.01. The normalized spacial score (nSPS) is 31.8. The summed E-state index contributed by atoms with van der Waals surface area (Å²) in [5.41, 5.74) is 0. The molecule has 1 aromatic heterocycles. The van der Waals surface area contributed by atoms with Gasteiger partial charge < -0.3 is 0 Å². The predicted molar refractivity (Wildman–Crippen MR) is 81.5 cm³/mol. The number of halogens is 2. The molecule has 3 nitrogen and oxygen atoms in total. The average molecular weight is 385 g/mol. The number of thiophene rings is 1. The third kappa shape index (κ3) is 2.39. The summed E-state index contributed by atoms with van der Waals surface area (Å²) >= 11 is 11.1. The molecule has 3 heterocycles. The van der Waals surface area contributed by atoms with E-state index in [1.54, 1.807) is 10.4 Å². The molecule has 0 aromatic carbocycles. The summed E-state index contributed by atoms with van der Waals surface area (Å²) < 4.78 is 28.3. The summed E-state index contributed by atoms with van der Waals surface area (Å²) in [7, 11) is -3.38. The van der Waals surface area contributed by atoms with Crippen LogP contribution in [-0.4, -0.2) is 30.2 Å². The van der Waals surface area contributed by atoms with E-state index in [0.717, 1.165) is 34.3 Å². The van der Waals surface area contributed by atoms with Crippen LogP contribution in [-0.2, 0) is 10.0 Å². The van der Waals surface area contributed by atoms with Crippen LogP contribution in [0.15, 0.2) is 14.7 Å². The van der Waals surface area contributed by atoms with Crippen LogP contribution in [0.1, 0.15) is 30.6 Å². The maximum atomic E-state index is 12.9.